The van der Waals surface area contributed by atoms with E-state index in [9.17, 15) is 0 Å². The minimum absolute atomic E-state index is 0.0203. The van der Waals surface area contributed by atoms with Crippen LogP contribution in [0.3, 0.4) is 0 Å². The van der Waals surface area contributed by atoms with Gasteiger partial charge in [0.05, 0.1) is 0 Å². The van der Waals surface area contributed by atoms with Crippen molar-refractivity contribution in [2.24, 2.45) is 0 Å². The van der Waals surface area contributed by atoms with Crippen molar-refractivity contribution in [3.8, 4) is 0 Å². The molecule has 0 unspecified atom stereocenters. The van der Waals surface area contributed by atoms with Crippen molar-refractivity contribution in [1.82, 2.24) is 0 Å². The standard InChI is InChI=1S/C19H30P2/c1-12-13(2)17(6)20(16(12)5)10-9-11-21-18(7)14(3)15(4)19(21)8/h9-11H2,1-8H3. The van der Waals surface area contributed by atoms with Gasteiger partial charge in [0.25, 0.3) is 0 Å². The van der Waals surface area contributed by atoms with Crippen LogP contribution in [-0.4, -0.2) is 0 Å². The van der Waals surface area contributed by atoms with E-state index in [0.29, 0.717) is 0 Å². The van der Waals surface area contributed by atoms with Crippen LogP contribution in [0, 0.1) is 55.4 Å². The van der Waals surface area contributed by atoms with Crippen LogP contribution < -0.4 is 0 Å². The Morgan fingerprint density at radius 2 is 0.714 bits per heavy atom. The molecule has 2 heteroatoms. The van der Waals surface area contributed by atoms with Crippen molar-refractivity contribution < 1.29 is 0 Å². The predicted octanol–water partition coefficient (Wildman–Crippen LogP) is 7.22. The summed E-state index contributed by atoms with van der Waals surface area (Å²) in [4.78, 5) is 0. The van der Waals surface area contributed by atoms with Crippen molar-refractivity contribution >= 4 is 15.1 Å². The molecular weight excluding hydrogens is 290 g/mol. The SMILES string of the molecule is Cc1c(C)c(C)p(CCCp2c(C)c(C)c(C)c2C)c1C. The lowest BCUT2D eigenvalue weighted by Gasteiger charge is -2.08. The first-order valence-electron chi connectivity index (χ1n) is 8.03. The molecule has 0 saturated carbocycles. The van der Waals surface area contributed by atoms with E-state index in [1.54, 1.807) is 43.4 Å². The van der Waals surface area contributed by atoms with E-state index in [-0.39, 0.29) is 15.1 Å². The van der Waals surface area contributed by atoms with Crippen LogP contribution in [0.1, 0.15) is 49.9 Å². The van der Waals surface area contributed by atoms with Crippen molar-refractivity contribution in [2.45, 2.75) is 74.1 Å². The largest absolute Gasteiger partial charge is 0.118 e. The second-order valence-electron chi connectivity index (χ2n) is 6.50. The molecule has 0 fully saturated rings. The molecule has 0 spiro atoms. The summed E-state index contributed by atoms with van der Waals surface area (Å²) in [6.07, 6.45) is 4.19. The number of hydrogen-bond acceptors (Lipinski definition) is 0. The van der Waals surface area contributed by atoms with Crippen molar-refractivity contribution in [3.63, 3.8) is 0 Å². The Bertz CT molecular complexity index is 560. The monoisotopic (exact) mass is 320 g/mol. The van der Waals surface area contributed by atoms with E-state index in [2.05, 4.69) is 55.4 Å². The number of hydrogen-bond donors (Lipinski definition) is 0. The average molecular weight is 320 g/mol. The summed E-state index contributed by atoms with van der Waals surface area (Å²) in [5.74, 6) is 0. The van der Waals surface area contributed by atoms with Crippen LogP contribution in [-0.2, 0) is 12.3 Å². The van der Waals surface area contributed by atoms with Gasteiger partial charge in [0.15, 0.2) is 0 Å². The molecule has 2 aromatic heterocycles. The van der Waals surface area contributed by atoms with Gasteiger partial charge < -0.3 is 0 Å². The third kappa shape index (κ3) is 2.91. The molecule has 2 rings (SSSR count). The second-order valence-corrected chi connectivity index (χ2v) is 11.8. The fourth-order valence-corrected chi connectivity index (χ4v) is 9.29. The Labute approximate surface area is 133 Å². The Hall–Kier alpha value is -0.440. The zero-order valence-corrected chi connectivity index (χ0v) is 16.8. The summed E-state index contributed by atoms with van der Waals surface area (Å²) in [6.45, 7) is 18.7. The molecule has 0 bridgehead atoms. The molecule has 0 saturated heterocycles. The molecule has 0 aromatic carbocycles. The molecule has 0 N–H and O–H groups in total. The highest BCUT2D eigenvalue weighted by molar-refractivity contribution is 7.51. The van der Waals surface area contributed by atoms with Gasteiger partial charge in [-0.25, -0.2) is 0 Å². The highest BCUT2D eigenvalue weighted by Gasteiger charge is 2.14. The molecule has 116 valence electrons. The molecule has 0 aliphatic heterocycles. The predicted molar refractivity (Wildman–Crippen MR) is 101 cm³/mol. The maximum Gasteiger partial charge on any atom is -0.0130 e. The molecule has 0 nitrogen and oxygen atoms in total. The normalized spacial score (nSPS) is 11.4. The Morgan fingerprint density at radius 1 is 0.476 bits per heavy atom. The summed E-state index contributed by atoms with van der Waals surface area (Å²) in [7, 11) is 0.0406. The third-order valence-electron chi connectivity index (χ3n) is 5.68. The third-order valence-corrected chi connectivity index (χ3v) is 11.8. The lowest BCUT2D eigenvalue weighted by Crippen LogP contribution is -1.79. The molecule has 21 heavy (non-hydrogen) atoms. The lowest BCUT2D eigenvalue weighted by molar-refractivity contribution is 0.980. The smallest absolute Gasteiger partial charge is 0.0130 e. The van der Waals surface area contributed by atoms with E-state index in [1.165, 1.54) is 18.7 Å². The Morgan fingerprint density at radius 3 is 0.952 bits per heavy atom. The lowest BCUT2D eigenvalue weighted by atomic mass is 10.2. The van der Waals surface area contributed by atoms with Crippen LogP contribution in [0.15, 0.2) is 0 Å². The van der Waals surface area contributed by atoms with Gasteiger partial charge in [-0.15, -0.1) is 15.1 Å². The molecule has 0 amide bonds. The van der Waals surface area contributed by atoms with Crippen LogP contribution in [0.4, 0.5) is 0 Å². The van der Waals surface area contributed by atoms with E-state index in [1.807, 2.05) is 0 Å². The first-order valence-corrected chi connectivity index (χ1v) is 11.1. The fourth-order valence-electron chi connectivity index (χ4n) is 3.46. The van der Waals surface area contributed by atoms with Gasteiger partial charge in [-0.2, -0.15) is 0 Å². The molecule has 2 heterocycles. The fraction of sp³-hybridized carbons (Fsp3) is 0.579. The first-order chi connectivity index (χ1) is 9.77. The Kier molecular flexibility index (Phi) is 5.12. The molecule has 0 aliphatic carbocycles. The topological polar surface area (TPSA) is 0 Å². The van der Waals surface area contributed by atoms with Crippen molar-refractivity contribution in [2.75, 3.05) is 0 Å². The van der Waals surface area contributed by atoms with Gasteiger partial charge >= 0.3 is 0 Å². The molecule has 0 radical (unpaired) electrons. The summed E-state index contributed by atoms with van der Waals surface area (Å²) in [6, 6.07) is 0. The summed E-state index contributed by atoms with van der Waals surface area (Å²) < 4.78 is 0. The Balaban J connectivity index is 2.13. The van der Waals surface area contributed by atoms with E-state index < -0.39 is 0 Å². The minimum Gasteiger partial charge on any atom is -0.118 e. The quantitative estimate of drug-likeness (QED) is 0.558. The minimum atomic E-state index is 0.0203. The molecule has 2 aromatic rings. The summed E-state index contributed by atoms with van der Waals surface area (Å²) >= 11 is 0. The van der Waals surface area contributed by atoms with Crippen LogP contribution in [0.2, 0.25) is 0 Å². The molecule has 0 atom stereocenters. The van der Waals surface area contributed by atoms with Crippen LogP contribution in [0.5, 0.6) is 0 Å². The average Bonchev–Trinajstić information content (AvgIpc) is 2.76. The van der Waals surface area contributed by atoms with Gasteiger partial charge in [0, 0.05) is 0 Å². The molecular formula is C19H30P2. The van der Waals surface area contributed by atoms with Gasteiger partial charge in [-0.05, 0) is 118 Å². The second kappa shape index (κ2) is 6.36. The van der Waals surface area contributed by atoms with Crippen LogP contribution >= 0.6 is 15.1 Å². The zero-order valence-electron chi connectivity index (χ0n) is 15.0. The van der Waals surface area contributed by atoms with Crippen molar-refractivity contribution in [3.05, 3.63) is 43.4 Å². The highest BCUT2D eigenvalue weighted by atomic mass is 31.1. The first kappa shape index (κ1) is 16.9. The van der Waals surface area contributed by atoms with Crippen molar-refractivity contribution in [1.29, 1.82) is 0 Å². The van der Waals surface area contributed by atoms with E-state index in [0.717, 1.165) is 0 Å². The zero-order chi connectivity index (χ0) is 15.9. The van der Waals surface area contributed by atoms with Crippen LogP contribution in [0.25, 0.3) is 0 Å². The van der Waals surface area contributed by atoms with Gasteiger partial charge in [-0.1, -0.05) is 0 Å². The number of rotatable bonds is 4. The van der Waals surface area contributed by atoms with Gasteiger partial charge in [-0.3, -0.25) is 0 Å². The van der Waals surface area contributed by atoms with E-state index in [4.69, 9.17) is 0 Å². The van der Waals surface area contributed by atoms with Gasteiger partial charge in [0.2, 0.25) is 0 Å². The highest BCUT2D eigenvalue weighted by Crippen LogP contribution is 2.49. The maximum absolute atomic E-state index is 2.37. The maximum atomic E-state index is 2.37. The summed E-state index contributed by atoms with van der Waals surface area (Å²) in [5, 5.41) is 6.74. The summed E-state index contributed by atoms with van der Waals surface area (Å²) in [5.41, 5.74) is 6.29. The van der Waals surface area contributed by atoms with Gasteiger partial charge in [0.1, 0.15) is 0 Å². The molecule has 0 aliphatic rings. The van der Waals surface area contributed by atoms with E-state index >= 15 is 0 Å².